The number of fused-ring (bicyclic) bond motifs is 1. The molecular weight excluding hydrogens is 272 g/mol. The zero-order valence-electron chi connectivity index (χ0n) is 9.05. The van der Waals surface area contributed by atoms with Gasteiger partial charge in [0.05, 0.1) is 6.20 Å². The van der Waals surface area contributed by atoms with Gasteiger partial charge in [-0.3, -0.25) is 4.40 Å². The molecule has 5 nitrogen and oxygen atoms in total. The fourth-order valence-electron chi connectivity index (χ4n) is 1.20. The molecule has 0 spiro atoms. The molecule has 2 aromatic rings. The van der Waals surface area contributed by atoms with Crippen LogP contribution >= 0.6 is 15.9 Å². The number of rotatable bonds is 1. The molecular formula is C10H13BrN4O. The van der Waals surface area contributed by atoms with E-state index in [1.165, 1.54) is 0 Å². The first kappa shape index (κ1) is 12.5. The Morgan fingerprint density at radius 1 is 1.50 bits per heavy atom. The highest BCUT2D eigenvalue weighted by Crippen LogP contribution is 2.13. The third-order valence-electron chi connectivity index (χ3n) is 1.84. The Hall–Kier alpha value is -1.56. The summed E-state index contributed by atoms with van der Waals surface area (Å²) in [5.74, 6) is 0.0376. The Bertz CT molecular complexity index is 506. The average Bonchev–Trinajstić information content (AvgIpc) is 2.73. The van der Waals surface area contributed by atoms with Crippen LogP contribution in [0.4, 0.5) is 0 Å². The summed E-state index contributed by atoms with van der Waals surface area (Å²) in [5, 5.41) is 11.5. The van der Waals surface area contributed by atoms with Crippen molar-refractivity contribution < 1.29 is 5.21 Å². The molecule has 0 radical (unpaired) electrons. The number of pyridine rings is 1. The SMILES string of the molecule is CC.NC(=NO)c1cnc2ccc(Br)cn12. The van der Waals surface area contributed by atoms with Crippen molar-refractivity contribution >= 4 is 27.4 Å². The van der Waals surface area contributed by atoms with Crippen LogP contribution in [0.15, 0.2) is 34.2 Å². The number of hydrogen-bond acceptors (Lipinski definition) is 3. The number of amidine groups is 1. The molecule has 0 aliphatic rings. The second kappa shape index (κ2) is 5.50. The molecule has 16 heavy (non-hydrogen) atoms. The van der Waals surface area contributed by atoms with Crippen LogP contribution in [-0.4, -0.2) is 20.4 Å². The van der Waals surface area contributed by atoms with Crippen molar-refractivity contribution in [2.24, 2.45) is 10.9 Å². The standard InChI is InChI=1S/C8H7BrN4O.C2H6/c9-5-1-2-7-11-3-6(8(10)12-14)13(7)4-5;1-2/h1-4,14H,(H2,10,12);1-2H3. The third-order valence-corrected chi connectivity index (χ3v) is 2.31. The summed E-state index contributed by atoms with van der Waals surface area (Å²) in [5.41, 5.74) is 6.78. The van der Waals surface area contributed by atoms with Gasteiger partial charge in [-0.1, -0.05) is 19.0 Å². The van der Waals surface area contributed by atoms with Crippen molar-refractivity contribution in [3.05, 3.63) is 34.7 Å². The summed E-state index contributed by atoms with van der Waals surface area (Å²) < 4.78 is 2.63. The Morgan fingerprint density at radius 2 is 2.19 bits per heavy atom. The van der Waals surface area contributed by atoms with E-state index in [0.29, 0.717) is 5.69 Å². The second-order valence-electron chi connectivity index (χ2n) is 2.70. The predicted molar refractivity (Wildman–Crippen MR) is 66.8 cm³/mol. The molecule has 2 rings (SSSR count). The second-order valence-corrected chi connectivity index (χ2v) is 3.62. The van der Waals surface area contributed by atoms with Gasteiger partial charge in [-0.05, 0) is 28.1 Å². The summed E-state index contributed by atoms with van der Waals surface area (Å²) in [7, 11) is 0. The zero-order valence-corrected chi connectivity index (χ0v) is 10.6. The number of oxime groups is 1. The summed E-state index contributed by atoms with van der Waals surface area (Å²) in [6.45, 7) is 4.00. The average molecular weight is 285 g/mol. The number of nitrogens with two attached hydrogens (primary N) is 1. The molecule has 0 fully saturated rings. The fourth-order valence-corrected chi connectivity index (χ4v) is 1.53. The number of aromatic nitrogens is 2. The molecule has 2 aromatic heterocycles. The lowest BCUT2D eigenvalue weighted by Crippen LogP contribution is -2.15. The van der Waals surface area contributed by atoms with Gasteiger partial charge < -0.3 is 10.9 Å². The Morgan fingerprint density at radius 3 is 2.81 bits per heavy atom. The van der Waals surface area contributed by atoms with E-state index in [9.17, 15) is 0 Å². The van der Waals surface area contributed by atoms with Crippen molar-refractivity contribution in [2.45, 2.75) is 13.8 Å². The highest BCUT2D eigenvalue weighted by atomic mass is 79.9. The molecule has 0 saturated heterocycles. The van der Waals surface area contributed by atoms with Crippen molar-refractivity contribution in [1.29, 1.82) is 0 Å². The number of halogens is 1. The van der Waals surface area contributed by atoms with Crippen molar-refractivity contribution in [3.8, 4) is 0 Å². The molecule has 0 atom stereocenters. The van der Waals surface area contributed by atoms with Crippen molar-refractivity contribution in [2.75, 3.05) is 0 Å². The normalized spacial score (nSPS) is 11.1. The number of imidazole rings is 1. The largest absolute Gasteiger partial charge is 0.409 e. The van der Waals surface area contributed by atoms with Crippen LogP contribution in [0.3, 0.4) is 0 Å². The first-order valence-electron chi connectivity index (χ1n) is 4.83. The molecule has 0 saturated carbocycles. The monoisotopic (exact) mass is 284 g/mol. The van der Waals surface area contributed by atoms with E-state index in [1.807, 2.05) is 26.0 Å². The lowest BCUT2D eigenvalue weighted by molar-refractivity contribution is 0.318. The van der Waals surface area contributed by atoms with E-state index >= 15 is 0 Å². The molecule has 6 heteroatoms. The lowest BCUT2D eigenvalue weighted by atomic mass is 10.4. The molecule has 2 heterocycles. The number of nitrogens with zero attached hydrogens (tertiary/aromatic N) is 3. The fraction of sp³-hybridized carbons (Fsp3) is 0.200. The maximum atomic E-state index is 8.55. The minimum atomic E-state index is 0.0376. The van der Waals surface area contributed by atoms with E-state index in [4.69, 9.17) is 10.9 Å². The van der Waals surface area contributed by atoms with Crippen LogP contribution in [-0.2, 0) is 0 Å². The van der Waals surface area contributed by atoms with Crippen LogP contribution in [0.25, 0.3) is 5.65 Å². The Kier molecular flexibility index (Phi) is 4.30. The zero-order chi connectivity index (χ0) is 12.1. The first-order chi connectivity index (χ1) is 7.72. The molecule has 0 aromatic carbocycles. The Balaban J connectivity index is 0.000000606. The molecule has 0 amide bonds. The highest BCUT2D eigenvalue weighted by molar-refractivity contribution is 9.10. The van der Waals surface area contributed by atoms with Crippen LogP contribution in [0.2, 0.25) is 0 Å². The maximum Gasteiger partial charge on any atom is 0.188 e. The minimum absolute atomic E-state index is 0.0376. The van der Waals surface area contributed by atoms with Crippen molar-refractivity contribution in [3.63, 3.8) is 0 Å². The third kappa shape index (κ3) is 2.33. The van der Waals surface area contributed by atoms with E-state index in [2.05, 4.69) is 26.1 Å². The maximum absolute atomic E-state index is 8.55. The molecule has 0 unspecified atom stereocenters. The number of hydrogen-bond donors (Lipinski definition) is 2. The van der Waals surface area contributed by atoms with Gasteiger partial charge in [-0.15, -0.1) is 0 Å². The highest BCUT2D eigenvalue weighted by Gasteiger charge is 2.06. The molecule has 3 N–H and O–H groups in total. The summed E-state index contributed by atoms with van der Waals surface area (Å²) >= 11 is 3.33. The topological polar surface area (TPSA) is 75.9 Å². The smallest absolute Gasteiger partial charge is 0.188 e. The van der Waals surface area contributed by atoms with Crippen LogP contribution in [0.5, 0.6) is 0 Å². The van der Waals surface area contributed by atoms with E-state index < -0.39 is 0 Å². The van der Waals surface area contributed by atoms with Crippen molar-refractivity contribution in [1.82, 2.24) is 9.38 Å². The van der Waals surface area contributed by atoms with Gasteiger partial charge in [-0.2, -0.15) is 0 Å². The minimum Gasteiger partial charge on any atom is -0.409 e. The molecule has 86 valence electrons. The van der Waals surface area contributed by atoms with E-state index in [1.54, 1.807) is 16.8 Å². The summed E-state index contributed by atoms with van der Waals surface area (Å²) in [6.07, 6.45) is 3.35. The summed E-state index contributed by atoms with van der Waals surface area (Å²) in [4.78, 5) is 4.10. The van der Waals surface area contributed by atoms with Gasteiger partial charge in [0.25, 0.3) is 0 Å². The Labute approximate surface area is 102 Å². The van der Waals surface area contributed by atoms with Gasteiger partial charge in [0.2, 0.25) is 0 Å². The van der Waals surface area contributed by atoms with E-state index in [-0.39, 0.29) is 5.84 Å². The van der Waals surface area contributed by atoms with Gasteiger partial charge >= 0.3 is 0 Å². The lowest BCUT2D eigenvalue weighted by Gasteiger charge is -1.99. The van der Waals surface area contributed by atoms with Gasteiger partial charge in [-0.25, -0.2) is 4.98 Å². The van der Waals surface area contributed by atoms with Crippen LogP contribution < -0.4 is 5.73 Å². The first-order valence-corrected chi connectivity index (χ1v) is 5.62. The van der Waals surface area contributed by atoms with Gasteiger partial charge in [0.15, 0.2) is 5.84 Å². The van der Waals surface area contributed by atoms with E-state index in [0.717, 1.165) is 10.1 Å². The van der Waals surface area contributed by atoms with Gasteiger partial charge in [0.1, 0.15) is 11.3 Å². The van der Waals surface area contributed by atoms with Crippen LogP contribution in [0.1, 0.15) is 19.5 Å². The van der Waals surface area contributed by atoms with Gasteiger partial charge in [0, 0.05) is 10.7 Å². The summed E-state index contributed by atoms with van der Waals surface area (Å²) in [6, 6.07) is 3.70. The molecule has 0 aliphatic heterocycles. The quantitative estimate of drug-likeness (QED) is 0.365. The van der Waals surface area contributed by atoms with Crippen LogP contribution in [0, 0.1) is 0 Å². The predicted octanol–water partition coefficient (Wildman–Crippen LogP) is 2.22. The molecule has 0 bridgehead atoms. The molecule has 0 aliphatic carbocycles.